The zero-order chi connectivity index (χ0) is 13.9. The largest absolute Gasteiger partial charge is 0.491 e. The van der Waals surface area contributed by atoms with Gasteiger partial charge in [0, 0.05) is 11.9 Å². The molecule has 0 bridgehead atoms. The average Bonchev–Trinajstić information content (AvgIpc) is 2.90. The van der Waals surface area contributed by atoms with Crippen molar-refractivity contribution < 1.29 is 4.74 Å². The Kier molecular flexibility index (Phi) is 3.25. The summed E-state index contributed by atoms with van der Waals surface area (Å²) in [6.45, 7) is 4.02. The molecule has 20 heavy (non-hydrogen) atoms. The van der Waals surface area contributed by atoms with E-state index in [2.05, 4.69) is 20.3 Å². The van der Waals surface area contributed by atoms with Crippen LogP contribution in [0.5, 0.6) is 5.75 Å². The number of nitrogens with one attached hydrogen (secondary N) is 2. The maximum absolute atomic E-state index is 5.62. The molecule has 5 heteroatoms. The van der Waals surface area contributed by atoms with Gasteiger partial charge in [0.05, 0.1) is 11.5 Å². The van der Waals surface area contributed by atoms with Gasteiger partial charge in [-0.1, -0.05) is 0 Å². The zero-order valence-electron chi connectivity index (χ0n) is 11.4. The number of hydrogen-bond donors (Lipinski definition) is 2. The summed E-state index contributed by atoms with van der Waals surface area (Å²) in [5, 5.41) is 4.25. The first kappa shape index (κ1) is 12.5. The van der Waals surface area contributed by atoms with Crippen molar-refractivity contribution in [3.63, 3.8) is 0 Å². The van der Waals surface area contributed by atoms with Crippen molar-refractivity contribution in [1.82, 2.24) is 15.0 Å². The van der Waals surface area contributed by atoms with E-state index in [-0.39, 0.29) is 6.10 Å². The minimum atomic E-state index is 0.176. The van der Waals surface area contributed by atoms with Gasteiger partial charge in [-0.3, -0.25) is 0 Å². The molecule has 0 spiro atoms. The molecule has 0 saturated carbocycles. The van der Waals surface area contributed by atoms with Crippen molar-refractivity contribution in [3.05, 3.63) is 42.9 Å². The molecule has 2 N–H and O–H groups in total. The van der Waals surface area contributed by atoms with Crippen LogP contribution in [0.4, 0.5) is 11.5 Å². The van der Waals surface area contributed by atoms with Gasteiger partial charge in [0.1, 0.15) is 23.5 Å². The molecule has 0 amide bonds. The fourth-order valence-corrected chi connectivity index (χ4v) is 2.00. The minimum absolute atomic E-state index is 0.176. The second-order valence-corrected chi connectivity index (χ2v) is 4.78. The number of aromatic nitrogens is 3. The van der Waals surface area contributed by atoms with Crippen LogP contribution >= 0.6 is 0 Å². The summed E-state index contributed by atoms with van der Waals surface area (Å²) in [6, 6.07) is 9.78. The van der Waals surface area contributed by atoms with Crippen molar-refractivity contribution in [1.29, 1.82) is 0 Å². The lowest BCUT2D eigenvalue weighted by atomic mass is 10.3. The lowest BCUT2D eigenvalue weighted by Crippen LogP contribution is -2.05. The average molecular weight is 268 g/mol. The van der Waals surface area contributed by atoms with Gasteiger partial charge in [0.2, 0.25) is 0 Å². The highest BCUT2D eigenvalue weighted by Crippen LogP contribution is 2.23. The third kappa shape index (κ3) is 2.56. The Bertz CT molecular complexity index is 703. The third-order valence-corrected chi connectivity index (χ3v) is 2.84. The van der Waals surface area contributed by atoms with E-state index >= 15 is 0 Å². The van der Waals surface area contributed by atoms with Gasteiger partial charge in [-0.2, -0.15) is 0 Å². The number of anilines is 2. The van der Waals surface area contributed by atoms with Gasteiger partial charge in [0.25, 0.3) is 0 Å². The number of aromatic amines is 1. The normalized spacial score (nSPS) is 10.9. The lowest BCUT2D eigenvalue weighted by Gasteiger charge is -2.11. The summed E-state index contributed by atoms with van der Waals surface area (Å²) in [5.41, 5.74) is 1.78. The van der Waals surface area contributed by atoms with Crippen molar-refractivity contribution in [2.24, 2.45) is 0 Å². The Labute approximate surface area is 117 Å². The highest BCUT2D eigenvalue weighted by Gasteiger charge is 2.05. The standard InChI is InChI=1S/C15H16N4O/c1-10(2)20-12-5-3-11(4-6-12)19-15-13-7-8-16-14(13)17-9-18-15/h3-10H,1-2H3,(H2,16,17,18,19). The van der Waals surface area contributed by atoms with Crippen LogP contribution in [0.25, 0.3) is 11.0 Å². The maximum Gasteiger partial charge on any atom is 0.143 e. The van der Waals surface area contributed by atoms with E-state index in [0.717, 1.165) is 28.3 Å². The summed E-state index contributed by atoms with van der Waals surface area (Å²) in [4.78, 5) is 11.5. The molecule has 102 valence electrons. The second kappa shape index (κ2) is 5.21. The molecule has 3 rings (SSSR count). The highest BCUT2D eigenvalue weighted by molar-refractivity contribution is 5.88. The lowest BCUT2D eigenvalue weighted by molar-refractivity contribution is 0.242. The Morgan fingerprint density at radius 2 is 1.90 bits per heavy atom. The second-order valence-electron chi connectivity index (χ2n) is 4.78. The van der Waals surface area contributed by atoms with Crippen molar-refractivity contribution in [3.8, 4) is 5.75 Å². The number of rotatable bonds is 4. The fourth-order valence-electron chi connectivity index (χ4n) is 2.00. The van der Waals surface area contributed by atoms with Crippen molar-refractivity contribution in [2.75, 3.05) is 5.32 Å². The quantitative estimate of drug-likeness (QED) is 0.760. The molecule has 0 aliphatic rings. The first-order valence-electron chi connectivity index (χ1n) is 6.54. The number of nitrogens with zero attached hydrogens (tertiary/aromatic N) is 2. The first-order chi connectivity index (χ1) is 9.72. The summed E-state index contributed by atoms with van der Waals surface area (Å²) in [5.74, 6) is 1.65. The molecular formula is C15H16N4O. The van der Waals surface area contributed by atoms with E-state index in [4.69, 9.17) is 4.74 Å². The van der Waals surface area contributed by atoms with Gasteiger partial charge in [-0.05, 0) is 44.2 Å². The van der Waals surface area contributed by atoms with Crippen LogP contribution in [-0.4, -0.2) is 21.1 Å². The molecule has 2 aromatic heterocycles. The molecule has 0 saturated heterocycles. The summed E-state index contributed by atoms with van der Waals surface area (Å²) < 4.78 is 5.62. The van der Waals surface area contributed by atoms with E-state index in [1.807, 2.05) is 50.4 Å². The van der Waals surface area contributed by atoms with Crippen molar-refractivity contribution >= 4 is 22.5 Å². The van der Waals surface area contributed by atoms with Gasteiger partial charge >= 0.3 is 0 Å². The molecule has 2 heterocycles. The summed E-state index contributed by atoms with van der Waals surface area (Å²) in [6.07, 6.45) is 3.57. The molecule has 1 aromatic carbocycles. The van der Waals surface area contributed by atoms with E-state index in [9.17, 15) is 0 Å². The van der Waals surface area contributed by atoms with Crippen LogP contribution in [0.3, 0.4) is 0 Å². The molecule has 0 radical (unpaired) electrons. The van der Waals surface area contributed by atoms with Gasteiger partial charge in [-0.15, -0.1) is 0 Å². The molecule has 0 unspecified atom stereocenters. The smallest absolute Gasteiger partial charge is 0.143 e. The van der Waals surface area contributed by atoms with Gasteiger partial charge in [-0.25, -0.2) is 9.97 Å². The van der Waals surface area contributed by atoms with Crippen LogP contribution in [0.15, 0.2) is 42.9 Å². The van der Waals surface area contributed by atoms with Crippen LogP contribution in [-0.2, 0) is 0 Å². The fraction of sp³-hybridized carbons (Fsp3) is 0.200. The van der Waals surface area contributed by atoms with Crippen LogP contribution in [0.1, 0.15) is 13.8 Å². The number of benzene rings is 1. The molecular weight excluding hydrogens is 252 g/mol. The number of hydrogen-bond acceptors (Lipinski definition) is 4. The Morgan fingerprint density at radius 1 is 1.10 bits per heavy atom. The van der Waals surface area contributed by atoms with E-state index in [0.29, 0.717) is 0 Å². The Balaban J connectivity index is 1.82. The monoisotopic (exact) mass is 268 g/mol. The van der Waals surface area contributed by atoms with E-state index in [1.54, 1.807) is 0 Å². The third-order valence-electron chi connectivity index (χ3n) is 2.84. The molecule has 0 atom stereocenters. The topological polar surface area (TPSA) is 62.8 Å². The summed E-state index contributed by atoms with van der Waals surface area (Å²) >= 11 is 0. The van der Waals surface area contributed by atoms with Crippen molar-refractivity contribution in [2.45, 2.75) is 20.0 Å². The van der Waals surface area contributed by atoms with Gasteiger partial charge in [0.15, 0.2) is 0 Å². The predicted molar refractivity (Wildman–Crippen MR) is 79.4 cm³/mol. The van der Waals surface area contributed by atoms with Crippen LogP contribution in [0, 0.1) is 0 Å². The molecule has 5 nitrogen and oxygen atoms in total. The first-order valence-corrected chi connectivity index (χ1v) is 6.54. The maximum atomic E-state index is 5.62. The summed E-state index contributed by atoms with van der Waals surface area (Å²) in [7, 11) is 0. The zero-order valence-corrected chi connectivity index (χ0v) is 11.4. The number of ether oxygens (including phenoxy) is 1. The molecule has 0 aliphatic carbocycles. The van der Waals surface area contributed by atoms with Crippen LogP contribution in [0.2, 0.25) is 0 Å². The molecule has 3 aromatic rings. The molecule has 0 fully saturated rings. The van der Waals surface area contributed by atoms with Crippen LogP contribution < -0.4 is 10.1 Å². The van der Waals surface area contributed by atoms with Gasteiger partial charge < -0.3 is 15.0 Å². The predicted octanol–water partition coefficient (Wildman–Crippen LogP) is 3.49. The number of H-pyrrole nitrogens is 1. The Morgan fingerprint density at radius 3 is 2.65 bits per heavy atom. The molecule has 0 aliphatic heterocycles. The van der Waals surface area contributed by atoms with E-state index in [1.165, 1.54) is 6.33 Å². The van der Waals surface area contributed by atoms with E-state index < -0.39 is 0 Å². The SMILES string of the molecule is CC(C)Oc1ccc(Nc2ncnc3[nH]ccc23)cc1. The number of fused-ring (bicyclic) bond motifs is 1. The minimum Gasteiger partial charge on any atom is -0.491 e. The highest BCUT2D eigenvalue weighted by atomic mass is 16.5. The Hall–Kier alpha value is -2.56.